The highest BCUT2D eigenvalue weighted by Crippen LogP contribution is 2.19. The Morgan fingerprint density at radius 2 is 2.19 bits per heavy atom. The molecule has 1 atom stereocenters. The predicted molar refractivity (Wildman–Crippen MR) is 80.5 cm³/mol. The van der Waals surface area contributed by atoms with E-state index >= 15 is 0 Å². The first-order valence-electron chi connectivity index (χ1n) is 6.69. The monoisotopic (exact) mass is 295 g/mol. The molecule has 0 fully saturated rings. The molecule has 0 aromatic carbocycles. The molecule has 1 heterocycles. The van der Waals surface area contributed by atoms with Gasteiger partial charge in [0, 0.05) is 25.2 Å². The summed E-state index contributed by atoms with van der Waals surface area (Å²) in [4.78, 5) is 28.4. The van der Waals surface area contributed by atoms with Crippen LogP contribution < -0.4 is 10.6 Å². The standard InChI is InChI=1S/C13H21N5O3/c1-5-14-12-11(6-10(8-15-12)18(20)21)13(19)16-7-9(2)17(3)4/h6,8-9H,5,7H2,1-4H3,(H,14,15)(H,16,19). The molecule has 0 aliphatic rings. The molecular weight excluding hydrogens is 274 g/mol. The molecule has 116 valence electrons. The molecule has 0 radical (unpaired) electrons. The molecule has 0 aliphatic carbocycles. The van der Waals surface area contributed by atoms with Gasteiger partial charge in [-0.1, -0.05) is 0 Å². The van der Waals surface area contributed by atoms with Crippen molar-refractivity contribution >= 4 is 17.4 Å². The van der Waals surface area contributed by atoms with Crippen LogP contribution in [0, 0.1) is 10.1 Å². The van der Waals surface area contributed by atoms with Crippen molar-refractivity contribution in [2.24, 2.45) is 0 Å². The number of carbonyl (C=O) groups is 1. The number of nitro groups is 1. The zero-order valence-corrected chi connectivity index (χ0v) is 12.7. The Morgan fingerprint density at radius 3 is 2.71 bits per heavy atom. The number of likely N-dealkylation sites (N-methyl/N-ethyl adjacent to an activating group) is 1. The minimum Gasteiger partial charge on any atom is -0.370 e. The molecule has 0 spiro atoms. The third kappa shape index (κ3) is 4.67. The van der Waals surface area contributed by atoms with Crippen LogP contribution in [0.15, 0.2) is 12.3 Å². The van der Waals surface area contributed by atoms with Crippen molar-refractivity contribution in [2.75, 3.05) is 32.5 Å². The number of pyridine rings is 1. The van der Waals surface area contributed by atoms with E-state index in [4.69, 9.17) is 0 Å². The maximum absolute atomic E-state index is 12.2. The predicted octanol–water partition coefficient (Wildman–Crippen LogP) is 1.10. The van der Waals surface area contributed by atoms with E-state index in [9.17, 15) is 14.9 Å². The lowest BCUT2D eigenvalue weighted by atomic mass is 10.2. The number of hydrogen-bond donors (Lipinski definition) is 2. The highest BCUT2D eigenvalue weighted by atomic mass is 16.6. The highest BCUT2D eigenvalue weighted by Gasteiger charge is 2.18. The Labute approximate surface area is 123 Å². The Hall–Kier alpha value is -2.22. The number of anilines is 1. The maximum Gasteiger partial charge on any atom is 0.288 e. The summed E-state index contributed by atoms with van der Waals surface area (Å²) in [5.41, 5.74) is -0.0283. The summed E-state index contributed by atoms with van der Waals surface area (Å²) in [7, 11) is 3.83. The van der Waals surface area contributed by atoms with Crippen molar-refractivity contribution in [3.8, 4) is 0 Å². The molecule has 0 aliphatic heterocycles. The Bertz CT molecular complexity index is 519. The smallest absolute Gasteiger partial charge is 0.288 e. The second-order valence-electron chi connectivity index (χ2n) is 4.90. The van der Waals surface area contributed by atoms with E-state index in [2.05, 4.69) is 15.6 Å². The van der Waals surface area contributed by atoms with E-state index in [1.165, 1.54) is 6.07 Å². The van der Waals surface area contributed by atoms with E-state index < -0.39 is 4.92 Å². The van der Waals surface area contributed by atoms with Crippen molar-refractivity contribution in [3.63, 3.8) is 0 Å². The number of hydrogen-bond acceptors (Lipinski definition) is 6. The lowest BCUT2D eigenvalue weighted by Crippen LogP contribution is -2.38. The van der Waals surface area contributed by atoms with Crippen molar-refractivity contribution in [1.29, 1.82) is 0 Å². The van der Waals surface area contributed by atoms with Gasteiger partial charge in [-0.05, 0) is 27.9 Å². The van der Waals surface area contributed by atoms with Crippen molar-refractivity contribution < 1.29 is 9.72 Å². The lowest BCUT2D eigenvalue weighted by Gasteiger charge is -2.20. The van der Waals surface area contributed by atoms with E-state index in [0.717, 1.165) is 6.20 Å². The largest absolute Gasteiger partial charge is 0.370 e. The Kier molecular flexibility index (Phi) is 6.04. The van der Waals surface area contributed by atoms with Crippen LogP contribution in [0.5, 0.6) is 0 Å². The minimum absolute atomic E-state index is 0.156. The van der Waals surface area contributed by atoms with Crippen LogP contribution in [0.4, 0.5) is 11.5 Å². The zero-order chi connectivity index (χ0) is 16.0. The number of amides is 1. The topological polar surface area (TPSA) is 100 Å². The molecule has 2 N–H and O–H groups in total. The van der Waals surface area contributed by atoms with Gasteiger partial charge in [-0.25, -0.2) is 4.98 Å². The van der Waals surface area contributed by atoms with Gasteiger partial charge in [-0.3, -0.25) is 14.9 Å². The summed E-state index contributed by atoms with van der Waals surface area (Å²) in [6.45, 7) is 4.84. The van der Waals surface area contributed by atoms with Crippen molar-refractivity contribution in [1.82, 2.24) is 15.2 Å². The van der Waals surface area contributed by atoms with E-state index in [1.807, 2.05) is 32.8 Å². The van der Waals surface area contributed by atoms with Crippen molar-refractivity contribution in [2.45, 2.75) is 19.9 Å². The Balaban J connectivity index is 2.94. The summed E-state index contributed by atoms with van der Waals surface area (Å²) in [5, 5.41) is 16.5. The quantitative estimate of drug-likeness (QED) is 0.577. The molecule has 1 amide bonds. The fourth-order valence-electron chi connectivity index (χ4n) is 1.55. The second-order valence-corrected chi connectivity index (χ2v) is 4.90. The summed E-state index contributed by atoms with van der Waals surface area (Å²) in [6.07, 6.45) is 1.14. The molecule has 0 saturated carbocycles. The van der Waals surface area contributed by atoms with Crippen LogP contribution >= 0.6 is 0 Å². The number of carbonyl (C=O) groups excluding carboxylic acids is 1. The molecule has 21 heavy (non-hydrogen) atoms. The van der Waals surface area contributed by atoms with Gasteiger partial charge in [0.2, 0.25) is 0 Å². The van der Waals surface area contributed by atoms with E-state index in [-0.39, 0.29) is 23.2 Å². The van der Waals surface area contributed by atoms with E-state index in [0.29, 0.717) is 18.9 Å². The number of nitrogens with one attached hydrogen (secondary N) is 2. The molecule has 1 unspecified atom stereocenters. The first-order chi connectivity index (χ1) is 9.86. The molecule has 1 aromatic heterocycles. The SMILES string of the molecule is CCNc1ncc([N+](=O)[O-])cc1C(=O)NCC(C)N(C)C. The van der Waals surface area contributed by atoms with Gasteiger partial charge in [0.15, 0.2) is 0 Å². The highest BCUT2D eigenvalue weighted by molar-refractivity contribution is 5.99. The first-order valence-corrected chi connectivity index (χ1v) is 6.69. The average molecular weight is 295 g/mol. The van der Waals surface area contributed by atoms with Crippen LogP contribution in [-0.4, -0.2) is 53.9 Å². The van der Waals surface area contributed by atoms with Gasteiger partial charge in [0.1, 0.15) is 12.0 Å². The molecule has 1 rings (SSSR count). The number of aromatic nitrogens is 1. The van der Waals surface area contributed by atoms with Gasteiger partial charge >= 0.3 is 0 Å². The zero-order valence-electron chi connectivity index (χ0n) is 12.7. The summed E-state index contributed by atoms with van der Waals surface area (Å²) >= 11 is 0. The molecule has 0 saturated heterocycles. The average Bonchev–Trinajstić information content (AvgIpc) is 2.44. The number of rotatable bonds is 7. The summed E-state index contributed by atoms with van der Waals surface area (Å²) in [6, 6.07) is 1.39. The fraction of sp³-hybridized carbons (Fsp3) is 0.538. The molecular formula is C13H21N5O3. The van der Waals surface area contributed by atoms with Crippen LogP contribution in [0.25, 0.3) is 0 Å². The summed E-state index contributed by atoms with van der Waals surface area (Å²) in [5.74, 6) is -0.0334. The van der Waals surface area contributed by atoms with Crippen LogP contribution in [0.2, 0.25) is 0 Å². The van der Waals surface area contributed by atoms with E-state index in [1.54, 1.807) is 0 Å². The Morgan fingerprint density at radius 1 is 1.52 bits per heavy atom. The normalized spacial score (nSPS) is 12.0. The number of nitrogens with zero attached hydrogens (tertiary/aromatic N) is 3. The van der Waals surface area contributed by atoms with Crippen LogP contribution in [-0.2, 0) is 0 Å². The third-order valence-electron chi connectivity index (χ3n) is 3.11. The molecule has 0 bridgehead atoms. The van der Waals surface area contributed by atoms with Gasteiger partial charge in [-0.15, -0.1) is 0 Å². The van der Waals surface area contributed by atoms with Gasteiger partial charge < -0.3 is 15.5 Å². The van der Waals surface area contributed by atoms with Gasteiger partial charge in [0.25, 0.3) is 11.6 Å². The second kappa shape index (κ2) is 7.53. The fourth-order valence-corrected chi connectivity index (χ4v) is 1.55. The molecule has 8 heteroatoms. The summed E-state index contributed by atoms with van der Waals surface area (Å²) < 4.78 is 0. The van der Waals surface area contributed by atoms with Gasteiger partial charge in [-0.2, -0.15) is 0 Å². The van der Waals surface area contributed by atoms with Crippen LogP contribution in [0.1, 0.15) is 24.2 Å². The molecule has 8 nitrogen and oxygen atoms in total. The maximum atomic E-state index is 12.2. The third-order valence-corrected chi connectivity index (χ3v) is 3.11. The van der Waals surface area contributed by atoms with Gasteiger partial charge in [0.05, 0.1) is 10.5 Å². The minimum atomic E-state index is -0.568. The van der Waals surface area contributed by atoms with Crippen molar-refractivity contribution in [3.05, 3.63) is 27.9 Å². The lowest BCUT2D eigenvalue weighted by molar-refractivity contribution is -0.385. The first kappa shape index (κ1) is 16.8. The molecule has 1 aromatic rings. The van der Waals surface area contributed by atoms with Crippen LogP contribution in [0.3, 0.4) is 0 Å².